The minimum atomic E-state index is -0.265. The Morgan fingerprint density at radius 1 is 0.926 bits per heavy atom. The van der Waals surface area contributed by atoms with Gasteiger partial charge < -0.3 is 10.1 Å². The molecule has 2 nitrogen and oxygen atoms in total. The molecule has 1 N–H and O–H groups in total. The van der Waals surface area contributed by atoms with Crippen LogP contribution in [0.4, 0.5) is 10.1 Å². The van der Waals surface area contributed by atoms with E-state index in [0.29, 0.717) is 18.9 Å². The van der Waals surface area contributed by atoms with E-state index >= 15 is 0 Å². The van der Waals surface area contributed by atoms with E-state index in [0.717, 1.165) is 30.2 Å². The molecule has 0 atom stereocenters. The van der Waals surface area contributed by atoms with Gasteiger partial charge in [-0.05, 0) is 97.9 Å². The Hall–Kier alpha value is -1.37. The molecule has 0 aliphatic rings. The Balaban J connectivity index is 1.68. The molecule has 0 aliphatic carbocycles. The minimum absolute atomic E-state index is 0.265. The van der Waals surface area contributed by atoms with Gasteiger partial charge in [0.05, 0.1) is 8.95 Å². The van der Waals surface area contributed by atoms with Crippen molar-refractivity contribution in [3.8, 4) is 5.75 Å². The van der Waals surface area contributed by atoms with Crippen LogP contribution in [0.25, 0.3) is 0 Å². The number of hydrogen-bond donors (Lipinski definition) is 1. The van der Waals surface area contributed by atoms with Crippen LogP contribution >= 0.6 is 47.8 Å². The lowest BCUT2D eigenvalue weighted by molar-refractivity contribution is 0.301. The van der Waals surface area contributed by atoms with E-state index in [1.807, 2.05) is 24.3 Å². The fourth-order valence-corrected chi connectivity index (χ4v) is 4.64. The van der Waals surface area contributed by atoms with Crippen molar-refractivity contribution in [1.29, 1.82) is 0 Å². The summed E-state index contributed by atoms with van der Waals surface area (Å²) in [5.41, 5.74) is 4.16. The van der Waals surface area contributed by atoms with Gasteiger partial charge in [0, 0.05) is 16.7 Å². The highest BCUT2D eigenvalue weighted by molar-refractivity contribution is 9.11. The molecule has 0 bridgehead atoms. The minimum Gasteiger partial charge on any atom is -0.487 e. The number of ether oxygens (including phenoxy) is 1. The normalized spacial score (nSPS) is 10.7. The van der Waals surface area contributed by atoms with Gasteiger partial charge in [0.15, 0.2) is 0 Å². The molecule has 3 aromatic rings. The second-order valence-electron chi connectivity index (χ2n) is 6.12. The maximum atomic E-state index is 13.3. The maximum Gasteiger partial charge on any atom is 0.148 e. The van der Waals surface area contributed by atoms with Gasteiger partial charge in [-0.15, -0.1) is 0 Å². The van der Waals surface area contributed by atoms with Crippen molar-refractivity contribution in [2.75, 3.05) is 5.32 Å². The first-order valence-electron chi connectivity index (χ1n) is 8.27. The molecular weight excluding hydrogens is 541 g/mol. The van der Waals surface area contributed by atoms with Gasteiger partial charge in [0.25, 0.3) is 0 Å². The van der Waals surface area contributed by atoms with E-state index in [1.165, 1.54) is 17.7 Å². The number of rotatable bonds is 6. The van der Waals surface area contributed by atoms with E-state index in [-0.39, 0.29) is 5.82 Å². The largest absolute Gasteiger partial charge is 0.487 e. The van der Waals surface area contributed by atoms with Gasteiger partial charge in [0.2, 0.25) is 0 Å². The van der Waals surface area contributed by atoms with Crippen molar-refractivity contribution < 1.29 is 9.13 Å². The molecule has 3 rings (SSSR count). The van der Waals surface area contributed by atoms with Crippen LogP contribution in [0, 0.1) is 12.7 Å². The number of benzene rings is 3. The van der Waals surface area contributed by atoms with E-state index in [9.17, 15) is 4.39 Å². The molecule has 6 heteroatoms. The van der Waals surface area contributed by atoms with Crippen LogP contribution in [0.15, 0.2) is 68.0 Å². The zero-order valence-corrected chi connectivity index (χ0v) is 19.3. The fraction of sp³-hybridized carbons (Fsp3) is 0.143. The molecule has 3 aromatic carbocycles. The van der Waals surface area contributed by atoms with E-state index in [2.05, 4.69) is 72.2 Å². The molecular formula is C21H17Br3FNO. The maximum absolute atomic E-state index is 13.3. The molecule has 0 spiro atoms. The monoisotopic (exact) mass is 555 g/mol. The van der Waals surface area contributed by atoms with Crippen molar-refractivity contribution in [1.82, 2.24) is 0 Å². The summed E-state index contributed by atoms with van der Waals surface area (Å²) in [6.07, 6.45) is 0. The molecule has 0 saturated carbocycles. The Morgan fingerprint density at radius 3 is 2.33 bits per heavy atom. The predicted octanol–water partition coefficient (Wildman–Crippen LogP) is 7.61. The Labute approximate surface area is 183 Å². The molecule has 0 saturated heterocycles. The zero-order chi connectivity index (χ0) is 19.4. The first-order valence-corrected chi connectivity index (χ1v) is 10.7. The Morgan fingerprint density at radius 2 is 1.67 bits per heavy atom. The summed E-state index contributed by atoms with van der Waals surface area (Å²) in [5, 5.41) is 3.45. The molecule has 0 aromatic heterocycles. The number of nitrogens with one attached hydrogen (secondary N) is 1. The number of halogens is 4. The standard InChI is InChI=1S/C21H17Br3FNO/c1-13-7-16(22)5-6-20(13)26-11-15-9-18(23)21(19(24)10-15)27-12-14-3-2-4-17(25)8-14/h2-10,26H,11-12H2,1H3. The second-order valence-corrected chi connectivity index (χ2v) is 8.74. The smallest absolute Gasteiger partial charge is 0.148 e. The van der Waals surface area contributed by atoms with Gasteiger partial charge in [-0.1, -0.05) is 28.1 Å². The van der Waals surface area contributed by atoms with Crippen molar-refractivity contribution in [2.45, 2.75) is 20.1 Å². The van der Waals surface area contributed by atoms with Crippen molar-refractivity contribution in [3.05, 3.63) is 90.5 Å². The summed E-state index contributed by atoms with van der Waals surface area (Å²) >= 11 is 10.6. The number of aryl methyl sites for hydroxylation is 1. The molecule has 27 heavy (non-hydrogen) atoms. The van der Waals surface area contributed by atoms with Gasteiger partial charge in [-0.2, -0.15) is 0 Å². The summed E-state index contributed by atoms with van der Waals surface area (Å²) in [6.45, 7) is 3.05. The highest BCUT2D eigenvalue weighted by atomic mass is 79.9. The quantitative estimate of drug-likeness (QED) is 0.337. The zero-order valence-electron chi connectivity index (χ0n) is 14.5. The lowest BCUT2D eigenvalue weighted by atomic mass is 10.1. The summed E-state index contributed by atoms with van der Waals surface area (Å²) < 4.78 is 21.9. The average molecular weight is 558 g/mol. The van der Waals surface area contributed by atoms with Crippen LogP contribution in [-0.4, -0.2) is 0 Å². The van der Waals surface area contributed by atoms with Crippen LogP contribution in [0.5, 0.6) is 5.75 Å². The van der Waals surface area contributed by atoms with Gasteiger partial charge in [-0.3, -0.25) is 0 Å². The molecule has 0 radical (unpaired) electrons. The average Bonchev–Trinajstić information content (AvgIpc) is 2.60. The molecule has 0 amide bonds. The first-order chi connectivity index (χ1) is 12.9. The number of anilines is 1. The molecule has 0 heterocycles. The second kappa shape index (κ2) is 9.22. The molecule has 140 valence electrons. The highest BCUT2D eigenvalue weighted by Crippen LogP contribution is 2.35. The van der Waals surface area contributed by atoms with Crippen molar-refractivity contribution >= 4 is 53.5 Å². The van der Waals surface area contributed by atoms with Crippen LogP contribution < -0.4 is 10.1 Å². The van der Waals surface area contributed by atoms with Gasteiger partial charge in [-0.25, -0.2) is 4.39 Å². The predicted molar refractivity (Wildman–Crippen MR) is 119 cm³/mol. The summed E-state index contributed by atoms with van der Waals surface area (Å²) in [6, 6.07) is 16.6. The fourth-order valence-electron chi connectivity index (χ4n) is 2.66. The Bertz CT molecular complexity index is 939. The third-order valence-electron chi connectivity index (χ3n) is 4.00. The lowest BCUT2D eigenvalue weighted by Gasteiger charge is -2.14. The van der Waals surface area contributed by atoms with E-state index in [4.69, 9.17) is 4.74 Å². The van der Waals surface area contributed by atoms with Crippen molar-refractivity contribution in [2.24, 2.45) is 0 Å². The SMILES string of the molecule is Cc1cc(Br)ccc1NCc1cc(Br)c(OCc2cccc(F)c2)c(Br)c1. The topological polar surface area (TPSA) is 21.3 Å². The molecule has 0 aliphatic heterocycles. The lowest BCUT2D eigenvalue weighted by Crippen LogP contribution is -2.02. The summed E-state index contributed by atoms with van der Waals surface area (Å²) in [7, 11) is 0. The summed E-state index contributed by atoms with van der Waals surface area (Å²) in [5.74, 6) is 0.432. The van der Waals surface area contributed by atoms with E-state index < -0.39 is 0 Å². The number of hydrogen-bond acceptors (Lipinski definition) is 2. The third kappa shape index (κ3) is 5.56. The van der Waals surface area contributed by atoms with Crippen LogP contribution in [-0.2, 0) is 13.2 Å². The first kappa shape index (κ1) is 20.4. The molecule has 0 unspecified atom stereocenters. The van der Waals surface area contributed by atoms with Crippen LogP contribution in [0.2, 0.25) is 0 Å². The van der Waals surface area contributed by atoms with Crippen LogP contribution in [0.3, 0.4) is 0 Å². The van der Waals surface area contributed by atoms with Gasteiger partial charge in [0.1, 0.15) is 18.2 Å². The van der Waals surface area contributed by atoms with E-state index in [1.54, 1.807) is 6.07 Å². The highest BCUT2D eigenvalue weighted by Gasteiger charge is 2.10. The van der Waals surface area contributed by atoms with Gasteiger partial charge >= 0.3 is 0 Å². The third-order valence-corrected chi connectivity index (χ3v) is 5.67. The van der Waals surface area contributed by atoms with Crippen LogP contribution in [0.1, 0.15) is 16.7 Å². The Kier molecular flexibility index (Phi) is 6.95. The summed E-state index contributed by atoms with van der Waals surface area (Å²) in [4.78, 5) is 0. The molecule has 0 fully saturated rings. The van der Waals surface area contributed by atoms with Crippen molar-refractivity contribution in [3.63, 3.8) is 0 Å².